The van der Waals surface area contributed by atoms with Crippen LogP contribution in [0.4, 0.5) is 5.69 Å². The highest BCUT2D eigenvalue weighted by Gasteiger charge is 2.16. The number of anilines is 1. The van der Waals surface area contributed by atoms with Gasteiger partial charge < -0.3 is 21.9 Å². The molecule has 0 aliphatic carbocycles. The van der Waals surface area contributed by atoms with Gasteiger partial charge >= 0.3 is 0 Å². The van der Waals surface area contributed by atoms with E-state index in [1.165, 1.54) is 32.0 Å². The zero-order valence-corrected chi connectivity index (χ0v) is 19.6. The quantitative estimate of drug-likeness (QED) is 0.387. The molecule has 0 aliphatic rings. The Morgan fingerprint density at radius 2 is 1.43 bits per heavy atom. The van der Waals surface area contributed by atoms with Crippen molar-refractivity contribution in [2.75, 3.05) is 19.0 Å². The molecule has 0 atom stereocenters. The van der Waals surface area contributed by atoms with E-state index < -0.39 is 0 Å². The van der Waals surface area contributed by atoms with Crippen LogP contribution in [0.1, 0.15) is 16.1 Å². The van der Waals surface area contributed by atoms with E-state index in [1.54, 1.807) is 0 Å². The van der Waals surface area contributed by atoms with Gasteiger partial charge in [0.05, 0.1) is 0 Å². The molecule has 4 aromatic rings. The number of nitrogens with zero attached hydrogens (tertiary/aromatic N) is 2. The van der Waals surface area contributed by atoms with E-state index in [4.69, 9.17) is 0 Å². The van der Waals surface area contributed by atoms with Gasteiger partial charge in [-0.25, -0.2) is 0 Å². The molecule has 0 bridgehead atoms. The smallest absolute Gasteiger partial charge is 0.263 e. The maximum atomic E-state index is 2.38. The summed E-state index contributed by atoms with van der Waals surface area (Å²) in [7, 11) is 4.13. The summed E-state index contributed by atoms with van der Waals surface area (Å²) in [6.07, 6.45) is 8.85. The summed E-state index contributed by atoms with van der Waals surface area (Å²) in [5, 5.41) is 1.25. The van der Waals surface area contributed by atoms with E-state index in [-0.39, 0.29) is 17.0 Å². The van der Waals surface area contributed by atoms with Crippen LogP contribution in [0, 0.1) is 0 Å². The van der Waals surface area contributed by atoms with E-state index in [1.807, 2.05) is 17.4 Å². The molecule has 3 aromatic carbocycles. The fraction of sp³-hybridized carbons (Fsp3) is 0.115. The predicted molar refractivity (Wildman–Crippen MR) is 127 cm³/mol. The Balaban J connectivity index is 0.00000256. The summed E-state index contributed by atoms with van der Waals surface area (Å²) < 4.78 is 3.69. The molecule has 0 radical (unpaired) electrons. The summed E-state index contributed by atoms with van der Waals surface area (Å²) in [5.41, 5.74) is 4.92. The average molecular weight is 477 g/mol. The first-order valence-corrected chi connectivity index (χ1v) is 10.6. The van der Waals surface area contributed by atoms with E-state index in [0.717, 1.165) is 6.54 Å². The standard InChI is InChI=1S/C26H25N2S.BrH/c1-27(2)23-17-14-22(15-18-23)16-19-26-28(24-12-6-7-13-25(24)29-26)20-8-11-21-9-4-3-5-10-21;/h3-19H,20H2,1-2H3;1H/q+1;/p-1/b11-8+;. The number of hydrogen-bond acceptors (Lipinski definition) is 2. The molecular formula is C26H25BrN2S. The van der Waals surface area contributed by atoms with Gasteiger partial charge in [0.2, 0.25) is 5.52 Å². The van der Waals surface area contributed by atoms with Crippen LogP contribution in [-0.2, 0) is 6.54 Å². The first-order chi connectivity index (χ1) is 14.2. The minimum atomic E-state index is 0. The summed E-state index contributed by atoms with van der Waals surface area (Å²) in [5.74, 6) is 0. The molecule has 0 aliphatic heterocycles. The summed E-state index contributed by atoms with van der Waals surface area (Å²) >= 11 is 1.83. The number of thiazole rings is 1. The number of benzene rings is 3. The van der Waals surface area contributed by atoms with Gasteiger partial charge in [0.1, 0.15) is 4.70 Å². The maximum Gasteiger partial charge on any atom is 0.263 e. The molecule has 0 unspecified atom stereocenters. The minimum Gasteiger partial charge on any atom is -1.00 e. The van der Waals surface area contributed by atoms with Crippen molar-refractivity contribution in [1.82, 2.24) is 0 Å². The van der Waals surface area contributed by atoms with Crippen LogP contribution in [0.3, 0.4) is 0 Å². The van der Waals surface area contributed by atoms with Gasteiger partial charge in [0.25, 0.3) is 5.01 Å². The van der Waals surface area contributed by atoms with Crippen LogP contribution in [0.2, 0.25) is 0 Å². The van der Waals surface area contributed by atoms with E-state index in [9.17, 15) is 0 Å². The lowest BCUT2D eigenvalue weighted by molar-refractivity contribution is -0.658. The molecule has 1 heterocycles. The highest BCUT2D eigenvalue weighted by atomic mass is 79.9. The highest BCUT2D eigenvalue weighted by Crippen LogP contribution is 2.22. The first-order valence-electron chi connectivity index (χ1n) is 9.79. The number of hydrogen-bond donors (Lipinski definition) is 0. The third-order valence-electron chi connectivity index (χ3n) is 4.86. The van der Waals surface area contributed by atoms with Crippen molar-refractivity contribution in [1.29, 1.82) is 0 Å². The second-order valence-electron chi connectivity index (χ2n) is 7.15. The number of aromatic nitrogens is 1. The molecule has 0 amide bonds. The first kappa shape index (κ1) is 22.0. The van der Waals surface area contributed by atoms with Crippen LogP contribution in [0.15, 0.2) is 84.9 Å². The van der Waals surface area contributed by atoms with E-state index in [0.29, 0.717) is 0 Å². The van der Waals surface area contributed by atoms with Gasteiger partial charge in [-0.1, -0.05) is 72.0 Å². The zero-order chi connectivity index (χ0) is 20.1. The Hall–Kier alpha value is -2.69. The lowest BCUT2D eigenvalue weighted by Crippen LogP contribution is -3.00. The van der Waals surface area contributed by atoms with Crippen molar-refractivity contribution in [3.63, 3.8) is 0 Å². The van der Waals surface area contributed by atoms with Crippen molar-refractivity contribution < 1.29 is 21.5 Å². The molecule has 2 nitrogen and oxygen atoms in total. The number of halogens is 1. The van der Waals surface area contributed by atoms with Crippen LogP contribution >= 0.6 is 11.3 Å². The van der Waals surface area contributed by atoms with Crippen LogP contribution in [0.5, 0.6) is 0 Å². The van der Waals surface area contributed by atoms with Crippen LogP contribution in [-0.4, -0.2) is 14.1 Å². The van der Waals surface area contributed by atoms with Crippen LogP contribution < -0.4 is 26.4 Å². The van der Waals surface area contributed by atoms with Gasteiger partial charge in [-0.05, 0) is 41.5 Å². The lowest BCUT2D eigenvalue weighted by atomic mass is 10.2. The largest absolute Gasteiger partial charge is 1.00 e. The zero-order valence-electron chi connectivity index (χ0n) is 17.2. The third-order valence-corrected chi connectivity index (χ3v) is 5.99. The summed E-state index contributed by atoms with van der Waals surface area (Å²) in [6.45, 7) is 0.845. The van der Waals surface area contributed by atoms with Gasteiger partial charge in [0.15, 0.2) is 6.54 Å². The third kappa shape index (κ3) is 5.26. The molecule has 4 rings (SSSR count). The molecule has 4 heteroatoms. The molecular weight excluding hydrogens is 452 g/mol. The van der Waals surface area contributed by atoms with Crippen molar-refractivity contribution in [2.24, 2.45) is 0 Å². The Labute approximate surface area is 193 Å². The van der Waals surface area contributed by atoms with E-state index in [2.05, 4.69) is 121 Å². The summed E-state index contributed by atoms with van der Waals surface area (Å²) in [4.78, 5) is 2.12. The average Bonchev–Trinajstić information content (AvgIpc) is 3.11. The maximum absolute atomic E-state index is 2.38. The second kappa shape index (κ2) is 10.4. The molecule has 0 N–H and O–H groups in total. The Kier molecular flexibility index (Phi) is 7.61. The highest BCUT2D eigenvalue weighted by molar-refractivity contribution is 7.18. The van der Waals surface area contributed by atoms with Crippen LogP contribution in [0.25, 0.3) is 28.4 Å². The molecule has 0 saturated carbocycles. The van der Waals surface area contributed by atoms with Gasteiger partial charge in [-0.2, -0.15) is 4.57 Å². The molecule has 152 valence electrons. The molecule has 1 aromatic heterocycles. The van der Waals surface area contributed by atoms with Crippen molar-refractivity contribution >= 4 is 45.5 Å². The number of rotatable bonds is 6. The molecule has 0 fully saturated rings. The van der Waals surface area contributed by atoms with Crippen molar-refractivity contribution in [3.8, 4) is 0 Å². The van der Waals surface area contributed by atoms with E-state index >= 15 is 0 Å². The fourth-order valence-electron chi connectivity index (χ4n) is 3.27. The normalized spacial score (nSPS) is 11.3. The lowest BCUT2D eigenvalue weighted by Gasteiger charge is -2.11. The topological polar surface area (TPSA) is 7.12 Å². The van der Waals surface area contributed by atoms with Gasteiger partial charge in [-0.15, -0.1) is 0 Å². The van der Waals surface area contributed by atoms with Crippen molar-refractivity contribution in [3.05, 3.63) is 101 Å². The number of fused-ring (bicyclic) bond motifs is 1. The Morgan fingerprint density at radius 3 is 2.17 bits per heavy atom. The monoisotopic (exact) mass is 476 g/mol. The number of para-hydroxylation sites is 1. The molecule has 0 spiro atoms. The molecule has 30 heavy (non-hydrogen) atoms. The summed E-state index contributed by atoms with van der Waals surface area (Å²) in [6, 6.07) is 27.7. The second-order valence-corrected chi connectivity index (χ2v) is 8.21. The Morgan fingerprint density at radius 1 is 0.767 bits per heavy atom. The Bertz CT molecular complexity index is 1140. The minimum absolute atomic E-state index is 0. The fourth-order valence-corrected chi connectivity index (χ4v) is 4.35. The SMILES string of the molecule is CN(C)c1ccc(/C=C/c2sc3ccccc3[n+]2C/C=C/c2ccccc2)cc1.[Br-]. The number of allylic oxidation sites excluding steroid dienone is 1. The van der Waals surface area contributed by atoms with Crippen molar-refractivity contribution in [2.45, 2.75) is 6.54 Å². The predicted octanol–water partition coefficient (Wildman–Crippen LogP) is 3.14. The van der Waals surface area contributed by atoms with Gasteiger partial charge in [-0.3, -0.25) is 0 Å². The van der Waals surface area contributed by atoms with Gasteiger partial charge in [0, 0.05) is 31.9 Å². The molecule has 0 saturated heterocycles.